The van der Waals surface area contributed by atoms with Crippen LogP contribution in [0.2, 0.25) is 0 Å². The van der Waals surface area contributed by atoms with E-state index in [0.29, 0.717) is 13.2 Å². The number of rotatable bonds is 7. The first-order valence-corrected chi connectivity index (χ1v) is 8.15. The monoisotopic (exact) mass is 290 g/mol. The standard InChI is InChI=1S/C16H26N4O/c1-3-21-10-16-19-14(17-2)8-15(20-16)18-9-13-7-11-4-5-12(13)6-11/h8,11-13H,3-7,9-10H2,1-2H3,(H2,17,18,19,20). The Morgan fingerprint density at radius 1 is 1.24 bits per heavy atom. The average molecular weight is 290 g/mol. The Labute approximate surface area is 126 Å². The van der Waals surface area contributed by atoms with Gasteiger partial charge in [-0.25, -0.2) is 9.97 Å². The molecule has 2 N–H and O–H groups in total. The Balaban J connectivity index is 1.61. The average Bonchev–Trinajstić information content (AvgIpc) is 3.13. The molecule has 0 amide bonds. The van der Waals surface area contributed by atoms with E-state index in [1.165, 1.54) is 25.7 Å². The summed E-state index contributed by atoms with van der Waals surface area (Å²) in [6.45, 7) is 4.17. The summed E-state index contributed by atoms with van der Waals surface area (Å²) in [5, 5.41) is 6.61. The summed E-state index contributed by atoms with van der Waals surface area (Å²) in [5.41, 5.74) is 0. The first kappa shape index (κ1) is 14.6. The van der Waals surface area contributed by atoms with Crippen molar-refractivity contribution in [2.75, 3.05) is 30.8 Å². The van der Waals surface area contributed by atoms with E-state index in [4.69, 9.17) is 4.74 Å². The van der Waals surface area contributed by atoms with Gasteiger partial charge in [-0.05, 0) is 43.9 Å². The molecule has 0 radical (unpaired) electrons. The van der Waals surface area contributed by atoms with E-state index in [1.54, 1.807) is 0 Å². The third kappa shape index (κ3) is 3.46. The molecular weight excluding hydrogens is 264 g/mol. The van der Waals surface area contributed by atoms with Gasteiger partial charge in [0.15, 0.2) is 5.82 Å². The Morgan fingerprint density at radius 2 is 2.10 bits per heavy atom. The highest BCUT2D eigenvalue weighted by Gasteiger charge is 2.39. The van der Waals surface area contributed by atoms with Crippen molar-refractivity contribution in [3.05, 3.63) is 11.9 Å². The third-order valence-corrected chi connectivity index (χ3v) is 4.89. The van der Waals surface area contributed by atoms with Crippen LogP contribution in [0.5, 0.6) is 0 Å². The molecule has 3 unspecified atom stereocenters. The Morgan fingerprint density at radius 3 is 2.76 bits per heavy atom. The van der Waals surface area contributed by atoms with Crippen LogP contribution < -0.4 is 10.6 Å². The highest BCUT2D eigenvalue weighted by molar-refractivity contribution is 5.47. The van der Waals surface area contributed by atoms with Crippen LogP contribution in [0.3, 0.4) is 0 Å². The number of hydrogen-bond acceptors (Lipinski definition) is 5. The van der Waals surface area contributed by atoms with Crippen molar-refractivity contribution >= 4 is 11.6 Å². The summed E-state index contributed by atoms with van der Waals surface area (Å²) >= 11 is 0. The summed E-state index contributed by atoms with van der Waals surface area (Å²) < 4.78 is 5.41. The van der Waals surface area contributed by atoms with E-state index in [1.807, 2.05) is 20.0 Å². The first-order chi connectivity index (χ1) is 10.3. The second-order valence-electron chi connectivity index (χ2n) is 6.26. The second kappa shape index (κ2) is 6.60. The number of hydrogen-bond donors (Lipinski definition) is 2. The molecule has 21 heavy (non-hydrogen) atoms. The zero-order chi connectivity index (χ0) is 14.7. The molecule has 3 rings (SSSR count). The molecule has 0 aromatic carbocycles. The number of nitrogens with one attached hydrogen (secondary N) is 2. The van der Waals surface area contributed by atoms with Crippen LogP contribution >= 0.6 is 0 Å². The molecule has 2 aliphatic carbocycles. The molecule has 116 valence electrons. The van der Waals surface area contributed by atoms with Crippen LogP contribution in [-0.2, 0) is 11.3 Å². The van der Waals surface area contributed by atoms with Gasteiger partial charge in [0, 0.05) is 26.3 Å². The van der Waals surface area contributed by atoms with Gasteiger partial charge in [0.1, 0.15) is 18.2 Å². The summed E-state index contributed by atoms with van der Waals surface area (Å²) in [6.07, 6.45) is 5.73. The molecule has 0 saturated heterocycles. The molecule has 5 heteroatoms. The SMILES string of the molecule is CCOCc1nc(NC)cc(NCC2CC3CCC2C3)n1. The van der Waals surface area contributed by atoms with Crippen LogP contribution in [0, 0.1) is 17.8 Å². The fourth-order valence-corrected chi connectivity index (χ4v) is 3.84. The Kier molecular flexibility index (Phi) is 4.58. The van der Waals surface area contributed by atoms with E-state index in [9.17, 15) is 0 Å². The van der Waals surface area contributed by atoms with E-state index in [2.05, 4.69) is 20.6 Å². The molecule has 5 nitrogen and oxygen atoms in total. The molecule has 1 aromatic heterocycles. The second-order valence-corrected chi connectivity index (χ2v) is 6.26. The molecule has 2 aliphatic rings. The lowest BCUT2D eigenvalue weighted by Gasteiger charge is -2.22. The molecule has 3 atom stereocenters. The summed E-state index contributed by atoms with van der Waals surface area (Å²) in [7, 11) is 1.88. The molecule has 1 heterocycles. The molecule has 2 saturated carbocycles. The third-order valence-electron chi connectivity index (χ3n) is 4.89. The lowest BCUT2D eigenvalue weighted by Crippen LogP contribution is -2.21. The lowest BCUT2D eigenvalue weighted by molar-refractivity contribution is 0.128. The van der Waals surface area contributed by atoms with Gasteiger partial charge in [-0.15, -0.1) is 0 Å². The number of fused-ring (bicyclic) bond motifs is 2. The Bertz CT molecular complexity index is 479. The van der Waals surface area contributed by atoms with Crippen LogP contribution in [0.1, 0.15) is 38.4 Å². The zero-order valence-electron chi connectivity index (χ0n) is 13.1. The summed E-state index contributed by atoms with van der Waals surface area (Å²) in [4.78, 5) is 8.97. The predicted octanol–water partition coefficient (Wildman–Crippen LogP) is 2.90. The first-order valence-electron chi connectivity index (χ1n) is 8.15. The van der Waals surface area contributed by atoms with Gasteiger partial charge < -0.3 is 15.4 Å². The maximum Gasteiger partial charge on any atom is 0.158 e. The fraction of sp³-hybridized carbons (Fsp3) is 0.750. The largest absolute Gasteiger partial charge is 0.374 e. The van der Waals surface area contributed by atoms with Gasteiger partial charge in [0.2, 0.25) is 0 Å². The molecule has 0 spiro atoms. The van der Waals surface area contributed by atoms with E-state index in [-0.39, 0.29) is 0 Å². The van der Waals surface area contributed by atoms with Gasteiger partial charge in [-0.2, -0.15) is 0 Å². The van der Waals surface area contributed by atoms with Crippen molar-refractivity contribution < 1.29 is 4.74 Å². The highest BCUT2D eigenvalue weighted by atomic mass is 16.5. The smallest absolute Gasteiger partial charge is 0.158 e. The summed E-state index contributed by atoms with van der Waals surface area (Å²) in [5.74, 6) is 5.25. The maximum absolute atomic E-state index is 5.41. The molecule has 2 bridgehead atoms. The molecule has 1 aromatic rings. The Hall–Kier alpha value is -1.36. The number of anilines is 2. The molecular formula is C16H26N4O. The van der Waals surface area contributed by atoms with Crippen molar-refractivity contribution in [3.63, 3.8) is 0 Å². The topological polar surface area (TPSA) is 59.1 Å². The van der Waals surface area contributed by atoms with Gasteiger partial charge in [-0.3, -0.25) is 0 Å². The zero-order valence-corrected chi connectivity index (χ0v) is 13.1. The van der Waals surface area contributed by atoms with Gasteiger partial charge >= 0.3 is 0 Å². The number of aromatic nitrogens is 2. The van der Waals surface area contributed by atoms with Crippen LogP contribution in [-0.4, -0.2) is 30.2 Å². The van der Waals surface area contributed by atoms with Gasteiger partial charge in [0.05, 0.1) is 0 Å². The van der Waals surface area contributed by atoms with E-state index >= 15 is 0 Å². The van der Waals surface area contributed by atoms with Crippen molar-refractivity contribution in [2.24, 2.45) is 17.8 Å². The lowest BCUT2D eigenvalue weighted by atomic mass is 9.89. The highest BCUT2D eigenvalue weighted by Crippen LogP contribution is 2.48. The van der Waals surface area contributed by atoms with Crippen molar-refractivity contribution in [1.29, 1.82) is 0 Å². The quantitative estimate of drug-likeness (QED) is 0.808. The van der Waals surface area contributed by atoms with Gasteiger partial charge in [0.25, 0.3) is 0 Å². The molecule has 2 fully saturated rings. The molecule has 0 aliphatic heterocycles. The van der Waals surface area contributed by atoms with Crippen LogP contribution in [0.15, 0.2) is 6.07 Å². The minimum atomic E-state index is 0.467. The van der Waals surface area contributed by atoms with Crippen LogP contribution in [0.4, 0.5) is 11.6 Å². The number of nitrogens with zero attached hydrogens (tertiary/aromatic N) is 2. The summed E-state index contributed by atoms with van der Waals surface area (Å²) in [6, 6.07) is 1.97. The minimum Gasteiger partial charge on any atom is -0.374 e. The maximum atomic E-state index is 5.41. The van der Waals surface area contributed by atoms with Crippen LogP contribution in [0.25, 0.3) is 0 Å². The van der Waals surface area contributed by atoms with Crippen molar-refractivity contribution in [1.82, 2.24) is 9.97 Å². The van der Waals surface area contributed by atoms with E-state index in [0.717, 1.165) is 41.8 Å². The number of ether oxygens (including phenoxy) is 1. The van der Waals surface area contributed by atoms with Crippen molar-refractivity contribution in [3.8, 4) is 0 Å². The normalized spacial score (nSPS) is 27.0. The van der Waals surface area contributed by atoms with Gasteiger partial charge in [-0.1, -0.05) is 6.42 Å². The van der Waals surface area contributed by atoms with Crippen molar-refractivity contribution in [2.45, 2.75) is 39.2 Å². The minimum absolute atomic E-state index is 0.467. The fourth-order valence-electron chi connectivity index (χ4n) is 3.84. The van der Waals surface area contributed by atoms with E-state index < -0.39 is 0 Å². The predicted molar refractivity (Wildman–Crippen MR) is 84.3 cm³/mol.